The first kappa shape index (κ1) is 13.0. The van der Waals surface area contributed by atoms with Crippen molar-refractivity contribution in [2.45, 2.75) is 37.8 Å². The van der Waals surface area contributed by atoms with Gasteiger partial charge in [-0.15, -0.1) is 0 Å². The summed E-state index contributed by atoms with van der Waals surface area (Å²) in [5.41, 5.74) is 0.569. The Hall–Kier alpha value is -1.98. The van der Waals surface area contributed by atoms with Crippen molar-refractivity contribution < 1.29 is 14.0 Å². The number of pyridine rings is 1. The van der Waals surface area contributed by atoms with Crippen molar-refractivity contribution in [1.29, 1.82) is 0 Å². The number of halogens is 1. The van der Waals surface area contributed by atoms with Gasteiger partial charge in [0.05, 0.1) is 24.7 Å². The molecule has 2 aliphatic rings. The average Bonchev–Trinajstić information content (AvgIpc) is 2.84. The second-order valence-electron chi connectivity index (χ2n) is 5.30. The number of amides is 2. The van der Waals surface area contributed by atoms with Crippen molar-refractivity contribution in [3.05, 3.63) is 29.8 Å². The Kier molecular flexibility index (Phi) is 3.38. The van der Waals surface area contributed by atoms with E-state index in [4.69, 9.17) is 0 Å². The Morgan fingerprint density at radius 3 is 3.05 bits per heavy atom. The van der Waals surface area contributed by atoms with Crippen LogP contribution >= 0.6 is 0 Å². The summed E-state index contributed by atoms with van der Waals surface area (Å²) in [5.74, 6) is -0.342. The molecule has 2 saturated heterocycles. The van der Waals surface area contributed by atoms with Crippen LogP contribution in [0.3, 0.4) is 0 Å². The second-order valence-corrected chi connectivity index (χ2v) is 5.30. The largest absolute Gasteiger partial charge is 0.351 e. The van der Waals surface area contributed by atoms with Crippen LogP contribution < -0.4 is 5.32 Å². The quantitative estimate of drug-likeness (QED) is 0.863. The number of likely N-dealkylation sites (tertiary alicyclic amines) is 1. The van der Waals surface area contributed by atoms with Gasteiger partial charge in [0.15, 0.2) is 0 Å². The first-order valence-electron chi connectivity index (χ1n) is 6.83. The van der Waals surface area contributed by atoms with E-state index in [-0.39, 0.29) is 30.3 Å². The van der Waals surface area contributed by atoms with Gasteiger partial charge in [-0.3, -0.25) is 14.6 Å². The third kappa shape index (κ3) is 2.50. The van der Waals surface area contributed by atoms with Crippen molar-refractivity contribution in [3.8, 4) is 0 Å². The molecule has 3 rings (SSSR count). The SMILES string of the molecule is O=C1CC[C@H]2[C@H](CCN2C(=O)Cc2ccc(F)cn2)N1. The molecular formula is C14H16FN3O2. The second kappa shape index (κ2) is 5.19. The molecule has 106 valence electrons. The monoisotopic (exact) mass is 277 g/mol. The zero-order valence-corrected chi connectivity index (χ0v) is 11.0. The molecule has 0 aliphatic carbocycles. The molecule has 0 spiro atoms. The van der Waals surface area contributed by atoms with Gasteiger partial charge in [-0.05, 0) is 25.0 Å². The molecule has 1 aromatic rings. The Morgan fingerprint density at radius 1 is 1.45 bits per heavy atom. The molecule has 0 saturated carbocycles. The Bertz CT molecular complexity index is 532. The molecule has 5 nitrogen and oxygen atoms in total. The van der Waals surface area contributed by atoms with E-state index in [1.54, 1.807) is 0 Å². The molecule has 0 unspecified atom stereocenters. The predicted molar refractivity (Wildman–Crippen MR) is 69.2 cm³/mol. The number of rotatable bonds is 2. The molecule has 3 heterocycles. The van der Waals surface area contributed by atoms with E-state index in [2.05, 4.69) is 10.3 Å². The summed E-state index contributed by atoms with van der Waals surface area (Å²) in [7, 11) is 0. The van der Waals surface area contributed by atoms with Crippen LogP contribution in [0.1, 0.15) is 25.0 Å². The Morgan fingerprint density at radius 2 is 2.30 bits per heavy atom. The highest BCUT2D eigenvalue weighted by Gasteiger charge is 2.40. The fraction of sp³-hybridized carbons (Fsp3) is 0.500. The maximum atomic E-state index is 12.8. The zero-order chi connectivity index (χ0) is 14.1. The van der Waals surface area contributed by atoms with E-state index in [0.29, 0.717) is 18.7 Å². The Balaban J connectivity index is 1.66. The van der Waals surface area contributed by atoms with Crippen LogP contribution in [-0.4, -0.2) is 40.3 Å². The number of nitrogens with zero attached hydrogens (tertiary/aromatic N) is 2. The van der Waals surface area contributed by atoms with Crippen LogP contribution in [0.2, 0.25) is 0 Å². The average molecular weight is 277 g/mol. The molecule has 0 aromatic carbocycles. The fourth-order valence-corrected chi connectivity index (χ4v) is 3.01. The predicted octanol–water partition coefficient (Wildman–Crippen LogP) is 0.643. The number of aromatic nitrogens is 1. The van der Waals surface area contributed by atoms with Crippen molar-refractivity contribution in [2.24, 2.45) is 0 Å². The summed E-state index contributed by atoms with van der Waals surface area (Å²) in [4.78, 5) is 29.4. The summed E-state index contributed by atoms with van der Waals surface area (Å²) >= 11 is 0. The highest BCUT2D eigenvalue weighted by molar-refractivity contribution is 5.81. The van der Waals surface area contributed by atoms with Crippen LogP contribution in [0.15, 0.2) is 18.3 Å². The standard InChI is InChI=1S/C14H16FN3O2/c15-9-1-2-10(16-8-9)7-14(20)18-6-5-11-12(18)3-4-13(19)17-11/h1-2,8,11-12H,3-7H2,(H,17,19)/t11-,12-/m0/s1. The Labute approximate surface area is 116 Å². The number of nitrogens with one attached hydrogen (secondary N) is 1. The number of fused-ring (bicyclic) bond motifs is 1. The van der Waals surface area contributed by atoms with Gasteiger partial charge in [-0.2, -0.15) is 0 Å². The third-order valence-electron chi connectivity index (χ3n) is 4.00. The summed E-state index contributed by atoms with van der Waals surface area (Å²) < 4.78 is 12.8. The molecule has 1 aromatic heterocycles. The van der Waals surface area contributed by atoms with Gasteiger partial charge in [0.25, 0.3) is 0 Å². The van der Waals surface area contributed by atoms with E-state index in [9.17, 15) is 14.0 Å². The lowest BCUT2D eigenvalue weighted by Crippen LogP contribution is -2.51. The van der Waals surface area contributed by atoms with Gasteiger partial charge >= 0.3 is 0 Å². The molecule has 2 atom stereocenters. The lowest BCUT2D eigenvalue weighted by atomic mass is 9.99. The fourth-order valence-electron chi connectivity index (χ4n) is 3.01. The van der Waals surface area contributed by atoms with Crippen molar-refractivity contribution in [2.75, 3.05) is 6.54 Å². The van der Waals surface area contributed by atoms with Crippen LogP contribution in [0.5, 0.6) is 0 Å². The minimum absolute atomic E-state index is 0.00671. The van der Waals surface area contributed by atoms with Crippen LogP contribution in [0, 0.1) is 5.82 Å². The molecule has 2 fully saturated rings. The zero-order valence-electron chi connectivity index (χ0n) is 11.0. The topological polar surface area (TPSA) is 62.3 Å². The maximum Gasteiger partial charge on any atom is 0.228 e. The van der Waals surface area contributed by atoms with Crippen LogP contribution in [0.4, 0.5) is 4.39 Å². The van der Waals surface area contributed by atoms with E-state index in [1.165, 1.54) is 12.1 Å². The number of carbonyl (C=O) groups excluding carboxylic acids is 2. The van der Waals surface area contributed by atoms with Crippen molar-refractivity contribution in [1.82, 2.24) is 15.2 Å². The number of carbonyl (C=O) groups is 2. The third-order valence-corrected chi connectivity index (χ3v) is 4.00. The minimum atomic E-state index is -0.405. The minimum Gasteiger partial charge on any atom is -0.351 e. The number of piperidine rings is 1. The highest BCUT2D eigenvalue weighted by atomic mass is 19.1. The van der Waals surface area contributed by atoms with Crippen molar-refractivity contribution in [3.63, 3.8) is 0 Å². The number of hydrogen-bond acceptors (Lipinski definition) is 3. The maximum absolute atomic E-state index is 12.8. The van der Waals surface area contributed by atoms with Gasteiger partial charge in [0.1, 0.15) is 5.82 Å². The van der Waals surface area contributed by atoms with E-state index in [1.807, 2.05) is 4.90 Å². The molecule has 1 N–H and O–H groups in total. The summed E-state index contributed by atoms with van der Waals surface area (Å²) in [6.07, 6.45) is 3.30. The molecule has 2 amide bonds. The number of hydrogen-bond donors (Lipinski definition) is 1. The molecule has 0 radical (unpaired) electrons. The first-order chi connectivity index (χ1) is 9.63. The van der Waals surface area contributed by atoms with E-state index in [0.717, 1.165) is 19.0 Å². The van der Waals surface area contributed by atoms with Gasteiger partial charge in [-0.1, -0.05) is 0 Å². The summed E-state index contributed by atoms with van der Waals surface area (Å²) in [6.45, 7) is 0.662. The lowest BCUT2D eigenvalue weighted by molar-refractivity contribution is -0.134. The van der Waals surface area contributed by atoms with Crippen LogP contribution in [-0.2, 0) is 16.0 Å². The molecule has 20 heavy (non-hydrogen) atoms. The lowest BCUT2D eigenvalue weighted by Gasteiger charge is -2.32. The van der Waals surface area contributed by atoms with Crippen LogP contribution in [0.25, 0.3) is 0 Å². The van der Waals surface area contributed by atoms with Gasteiger partial charge in [-0.25, -0.2) is 4.39 Å². The highest BCUT2D eigenvalue weighted by Crippen LogP contribution is 2.26. The van der Waals surface area contributed by atoms with E-state index < -0.39 is 5.82 Å². The normalized spacial score (nSPS) is 25.2. The van der Waals surface area contributed by atoms with Gasteiger partial charge < -0.3 is 10.2 Å². The summed E-state index contributed by atoms with van der Waals surface area (Å²) in [5, 5.41) is 2.94. The molecule has 2 aliphatic heterocycles. The van der Waals surface area contributed by atoms with Gasteiger partial charge in [0.2, 0.25) is 11.8 Å². The van der Waals surface area contributed by atoms with E-state index >= 15 is 0 Å². The molecular weight excluding hydrogens is 261 g/mol. The smallest absolute Gasteiger partial charge is 0.228 e. The molecule has 6 heteroatoms. The first-order valence-corrected chi connectivity index (χ1v) is 6.83. The van der Waals surface area contributed by atoms with Crippen molar-refractivity contribution >= 4 is 11.8 Å². The molecule has 0 bridgehead atoms. The summed E-state index contributed by atoms with van der Waals surface area (Å²) in [6, 6.07) is 3.02. The van der Waals surface area contributed by atoms with Gasteiger partial charge in [0, 0.05) is 18.7 Å².